The number of hydrogen-bond donors (Lipinski definition) is 1. The molecule has 1 aromatic rings. The molecule has 0 spiro atoms. The lowest BCUT2D eigenvalue weighted by atomic mass is 9.86. The highest BCUT2D eigenvalue weighted by Gasteiger charge is 2.24. The highest BCUT2D eigenvalue weighted by Crippen LogP contribution is 2.33. The van der Waals surface area contributed by atoms with Gasteiger partial charge in [0.05, 0.1) is 14.2 Å². The van der Waals surface area contributed by atoms with E-state index in [9.17, 15) is 0 Å². The minimum absolute atomic E-state index is 0.278. The Balaban J connectivity index is 3.16. The number of methoxy groups -OCH3 is 2. The minimum atomic E-state index is -0.278. The average Bonchev–Trinajstić information content (AvgIpc) is 2.36. The van der Waals surface area contributed by atoms with E-state index in [2.05, 4.69) is 13.8 Å². The maximum atomic E-state index is 6.34. The van der Waals surface area contributed by atoms with Crippen molar-refractivity contribution in [3.05, 3.63) is 23.8 Å². The normalized spacial score (nSPS) is 11.3. The summed E-state index contributed by atoms with van der Waals surface area (Å²) in [6.45, 7) is 4.19. The maximum absolute atomic E-state index is 6.34. The molecule has 0 aromatic heterocycles. The molecule has 0 atom stereocenters. The largest absolute Gasteiger partial charge is 0.493 e. The Kier molecular flexibility index (Phi) is 4.19. The Labute approximate surface area is 97.6 Å². The first-order chi connectivity index (χ1) is 7.61. The van der Waals surface area contributed by atoms with Crippen LogP contribution in [0.1, 0.15) is 32.3 Å². The first-order valence-electron chi connectivity index (χ1n) is 5.62. The lowest BCUT2D eigenvalue weighted by molar-refractivity contribution is 0.350. The third kappa shape index (κ3) is 2.30. The van der Waals surface area contributed by atoms with E-state index in [-0.39, 0.29) is 5.54 Å². The predicted octanol–water partition coefficient (Wildman–Crippen LogP) is 2.68. The van der Waals surface area contributed by atoms with Crippen LogP contribution >= 0.6 is 0 Å². The molecule has 16 heavy (non-hydrogen) atoms. The smallest absolute Gasteiger partial charge is 0.161 e. The molecular weight excluding hydrogens is 202 g/mol. The lowest BCUT2D eigenvalue weighted by Crippen LogP contribution is -2.35. The summed E-state index contributed by atoms with van der Waals surface area (Å²) in [7, 11) is 3.27. The summed E-state index contributed by atoms with van der Waals surface area (Å²) in [4.78, 5) is 0. The molecule has 0 amide bonds. The summed E-state index contributed by atoms with van der Waals surface area (Å²) in [5, 5.41) is 0. The van der Waals surface area contributed by atoms with E-state index in [4.69, 9.17) is 15.2 Å². The second kappa shape index (κ2) is 5.21. The van der Waals surface area contributed by atoms with E-state index in [1.165, 1.54) is 0 Å². The van der Waals surface area contributed by atoms with Gasteiger partial charge in [-0.1, -0.05) is 19.9 Å². The van der Waals surface area contributed by atoms with Crippen molar-refractivity contribution in [2.75, 3.05) is 14.2 Å². The molecule has 1 aromatic carbocycles. The van der Waals surface area contributed by atoms with Crippen molar-refractivity contribution in [2.45, 2.75) is 32.2 Å². The van der Waals surface area contributed by atoms with Crippen LogP contribution in [0.5, 0.6) is 11.5 Å². The van der Waals surface area contributed by atoms with Gasteiger partial charge < -0.3 is 15.2 Å². The van der Waals surface area contributed by atoms with Crippen LogP contribution in [-0.4, -0.2) is 14.2 Å². The lowest BCUT2D eigenvalue weighted by Gasteiger charge is -2.28. The van der Waals surface area contributed by atoms with Crippen molar-refractivity contribution in [1.29, 1.82) is 0 Å². The molecule has 0 saturated carbocycles. The molecule has 0 bridgehead atoms. The monoisotopic (exact) mass is 223 g/mol. The SMILES string of the molecule is CCC(N)(CC)c1ccc(OC)c(OC)c1. The van der Waals surface area contributed by atoms with Crippen molar-refractivity contribution >= 4 is 0 Å². The van der Waals surface area contributed by atoms with Gasteiger partial charge in [-0.2, -0.15) is 0 Å². The van der Waals surface area contributed by atoms with Gasteiger partial charge in [0.2, 0.25) is 0 Å². The zero-order chi connectivity index (χ0) is 12.2. The second-order valence-electron chi connectivity index (χ2n) is 3.93. The van der Waals surface area contributed by atoms with Crippen molar-refractivity contribution in [2.24, 2.45) is 5.73 Å². The summed E-state index contributed by atoms with van der Waals surface area (Å²) >= 11 is 0. The summed E-state index contributed by atoms with van der Waals surface area (Å²) < 4.78 is 10.5. The van der Waals surface area contributed by atoms with E-state index in [1.807, 2.05) is 18.2 Å². The molecule has 1 rings (SSSR count). The van der Waals surface area contributed by atoms with Crippen molar-refractivity contribution < 1.29 is 9.47 Å². The number of hydrogen-bond acceptors (Lipinski definition) is 3. The number of ether oxygens (including phenoxy) is 2. The van der Waals surface area contributed by atoms with Gasteiger partial charge in [-0.05, 0) is 30.5 Å². The first kappa shape index (κ1) is 12.8. The fraction of sp³-hybridized carbons (Fsp3) is 0.538. The highest BCUT2D eigenvalue weighted by atomic mass is 16.5. The van der Waals surface area contributed by atoms with E-state index >= 15 is 0 Å². The van der Waals surface area contributed by atoms with Gasteiger partial charge in [-0.25, -0.2) is 0 Å². The number of rotatable bonds is 5. The third-order valence-electron chi connectivity index (χ3n) is 3.22. The van der Waals surface area contributed by atoms with Crippen LogP contribution in [0.4, 0.5) is 0 Å². The van der Waals surface area contributed by atoms with Crippen molar-refractivity contribution in [1.82, 2.24) is 0 Å². The van der Waals surface area contributed by atoms with E-state index < -0.39 is 0 Å². The van der Waals surface area contributed by atoms with Crippen LogP contribution in [0, 0.1) is 0 Å². The number of benzene rings is 1. The molecule has 0 radical (unpaired) electrons. The molecule has 2 N–H and O–H groups in total. The Hall–Kier alpha value is -1.22. The molecule has 3 nitrogen and oxygen atoms in total. The zero-order valence-corrected chi connectivity index (χ0v) is 10.5. The Morgan fingerprint density at radius 3 is 2.06 bits per heavy atom. The average molecular weight is 223 g/mol. The zero-order valence-electron chi connectivity index (χ0n) is 10.5. The Morgan fingerprint density at radius 1 is 1.06 bits per heavy atom. The topological polar surface area (TPSA) is 44.5 Å². The summed E-state index contributed by atoms with van der Waals surface area (Å²) in [5.74, 6) is 1.47. The number of nitrogens with two attached hydrogens (primary N) is 1. The van der Waals surface area contributed by atoms with Crippen molar-refractivity contribution in [3.63, 3.8) is 0 Å². The van der Waals surface area contributed by atoms with Gasteiger partial charge in [0.15, 0.2) is 11.5 Å². The molecule has 0 heterocycles. The van der Waals surface area contributed by atoms with Gasteiger partial charge >= 0.3 is 0 Å². The Morgan fingerprint density at radius 2 is 1.62 bits per heavy atom. The Bertz CT molecular complexity index is 346. The molecule has 0 aliphatic heterocycles. The second-order valence-corrected chi connectivity index (χ2v) is 3.93. The van der Waals surface area contributed by atoms with Crippen LogP contribution in [0.3, 0.4) is 0 Å². The fourth-order valence-corrected chi connectivity index (χ4v) is 1.80. The van der Waals surface area contributed by atoms with Gasteiger partial charge in [0, 0.05) is 5.54 Å². The summed E-state index contributed by atoms with van der Waals surface area (Å²) in [5.41, 5.74) is 7.15. The van der Waals surface area contributed by atoms with Crippen LogP contribution in [0.25, 0.3) is 0 Å². The van der Waals surface area contributed by atoms with Crippen LogP contribution < -0.4 is 15.2 Å². The van der Waals surface area contributed by atoms with Gasteiger partial charge in [-0.15, -0.1) is 0 Å². The molecule has 0 aliphatic rings. The predicted molar refractivity (Wildman–Crippen MR) is 66.0 cm³/mol. The molecule has 0 saturated heterocycles. The van der Waals surface area contributed by atoms with E-state index in [1.54, 1.807) is 14.2 Å². The standard InChI is InChI=1S/C13H21NO2/c1-5-13(14,6-2)10-7-8-11(15-3)12(9-10)16-4/h7-9H,5-6,14H2,1-4H3. The molecule has 90 valence electrons. The van der Waals surface area contributed by atoms with Gasteiger partial charge in [0.1, 0.15) is 0 Å². The molecule has 3 heteroatoms. The van der Waals surface area contributed by atoms with Crippen LogP contribution in [0.15, 0.2) is 18.2 Å². The molecular formula is C13H21NO2. The minimum Gasteiger partial charge on any atom is -0.493 e. The third-order valence-corrected chi connectivity index (χ3v) is 3.22. The summed E-state index contributed by atoms with van der Waals surface area (Å²) in [6.07, 6.45) is 1.80. The van der Waals surface area contributed by atoms with Crippen LogP contribution in [-0.2, 0) is 5.54 Å². The maximum Gasteiger partial charge on any atom is 0.161 e. The van der Waals surface area contributed by atoms with Crippen molar-refractivity contribution in [3.8, 4) is 11.5 Å². The van der Waals surface area contributed by atoms with Gasteiger partial charge in [-0.3, -0.25) is 0 Å². The van der Waals surface area contributed by atoms with E-state index in [0.717, 1.165) is 29.9 Å². The van der Waals surface area contributed by atoms with Crippen LogP contribution in [0.2, 0.25) is 0 Å². The fourth-order valence-electron chi connectivity index (χ4n) is 1.80. The quantitative estimate of drug-likeness (QED) is 0.834. The molecule has 0 unspecified atom stereocenters. The van der Waals surface area contributed by atoms with E-state index in [0.29, 0.717) is 0 Å². The molecule has 0 fully saturated rings. The first-order valence-corrected chi connectivity index (χ1v) is 5.62. The molecule has 0 aliphatic carbocycles. The summed E-state index contributed by atoms with van der Waals surface area (Å²) in [6, 6.07) is 5.88. The van der Waals surface area contributed by atoms with Gasteiger partial charge in [0.25, 0.3) is 0 Å². The highest BCUT2D eigenvalue weighted by molar-refractivity contribution is 5.44.